The molecule has 0 spiro atoms. The van der Waals surface area contributed by atoms with Crippen molar-refractivity contribution in [3.05, 3.63) is 30.5 Å². The first-order valence-corrected chi connectivity index (χ1v) is 6.08. The van der Waals surface area contributed by atoms with Crippen molar-refractivity contribution >= 4 is 5.82 Å². The number of nitrogens with zero attached hydrogens (tertiary/aromatic N) is 3. The summed E-state index contributed by atoms with van der Waals surface area (Å²) in [4.78, 5) is 4.59. The van der Waals surface area contributed by atoms with E-state index in [0.717, 1.165) is 36.7 Å². The number of hydrogen-bond donors (Lipinski definition) is 1. The molecule has 0 radical (unpaired) electrons. The minimum absolute atomic E-state index is 0.858. The van der Waals surface area contributed by atoms with Gasteiger partial charge in [-0.25, -0.2) is 4.98 Å². The SMILES string of the molecule is CCCNc1cccc(-c2ccnn2CC)n1. The molecule has 0 fully saturated rings. The Morgan fingerprint density at radius 1 is 1.24 bits per heavy atom. The molecule has 4 nitrogen and oxygen atoms in total. The number of aryl methyl sites for hydroxylation is 1. The van der Waals surface area contributed by atoms with E-state index in [0.29, 0.717) is 0 Å². The Hall–Kier alpha value is -1.84. The van der Waals surface area contributed by atoms with Crippen LogP contribution in [0.25, 0.3) is 11.4 Å². The van der Waals surface area contributed by atoms with Crippen LogP contribution in [0, 0.1) is 0 Å². The molecule has 17 heavy (non-hydrogen) atoms. The van der Waals surface area contributed by atoms with Crippen molar-refractivity contribution in [3.8, 4) is 11.4 Å². The van der Waals surface area contributed by atoms with Gasteiger partial charge in [0, 0.05) is 19.3 Å². The number of nitrogens with one attached hydrogen (secondary N) is 1. The quantitative estimate of drug-likeness (QED) is 0.858. The average molecular weight is 230 g/mol. The molecule has 2 aromatic heterocycles. The van der Waals surface area contributed by atoms with E-state index in [1.807, 2.05) is 35.1 Å². The zero-order valence-electron chi connectivity index (χ0n) is 10.3. The van der Waals surface area contributed by atoms with Crippen molar-refractivity contribution in [2.24, 2.45) is 0 Å². The lowest BCUT2D eigenvalue weighted by atomic mass is 10.2. The van der Waals surface area contributed by atoms with Crippen LogP contribution < -0.4 is 5.32 Å². The maximum absolute atomic E-state index is 4.59. The first-order chi connectivity index (χ1) is 8.35. The molecule has 4 heteroatoms. The van der Waals surface area contributed by atoms with Gasteiger partial charge in [0.1, 0.15) is 5.82 Å². The van der Waals surface area contributed by atoms with Crippen LogP contribution in [0.15, 0.2) is 30.5 Å². The molecule has 2 rings (SSSR count). The Kier molecular flexibility index (Phi) is 3.75. The topological polar surface area (TPSA) is 42.7 Å². The summed E-state index contributed by atoms with van der Waals surface area (Å²) in [7, 11) is 0. The summed E-state index contributed by atoms with van der Waals surface area (Å²) >= 11 is 0. The third kappa shape index (κ3) is 2.64. The van der Waals surface area contributed by atoms with Gasteiger partial charge in [-0.2, -0.15) is 5.10 Å². The molecule has 0 atom stereocenters. The zero-order valence-corrected chi connectivity index (χ0v) is 10.3. The van der Waals surface area contributed by atoms with Gasteiger partial charge in [0.15, 0.2) is 0 Å². The predicted octanol–water partition coefficient (Wildman–Crippen LogP) is 2.79. The van der Waals surface area contributed by atoms with Crippen molar-refractivity contribution in [2.45, 2.75) is 26.8 Å². The lowest BCUT2D eigenvalue weighted by Gasteiger charge is -2.07. The number of pyridine rings is 1. The number of hydrogen-bond acceptors (Lipinski definition) is 3. The monoisotopic (exact) mass is 230 g/mol. The molecule has 0 amide bonds. The molecular weight excluding hydrogens is 212 g/mol. The van der Waals surface area contributed by atoms with Gasteiger partial charge in [-0.05, 0) is 31.5 Å². The fraction of sp³-hybridized carbons (Fsp3) is 0.385. The third-order valence-corrected chi connectivity index (χ3v) is 2.58. The van der Waals surface area contributed by atoms with Gasteiger partial charge < -0.3 is 5.32 Å². The summed E-state index contributed by atoms with van der Waals surface area (Å²) < 4.78 is 1.95. The van der Waals surface area contributed by atoms with Crippen LogP contribution in [0.5, 0.6) is 0 Å². The van der Waals surface area contributed by atoms with E-state index in [1.54, 1.807) is 0 Å². The fourth-order valence-electron chi connectivity index (χ4n) is 1.73. The molecule has 0 bridgehead atoms. The number of anilines is 1. The molecule has 0 unspecified atom stereocenters. The highest BCUT2D eigenvalue weighted by molar-refractivity contribution is 5.57. The second-order valence-electron chi connectivity index (χ2n) is 3.87. The highest BCUT2D eigenvalue weighted by Crippen LogP contribution is 2.18. The normalized spacial score (nSPS) is 10.5. The minimum atomic E-state index is 0.858. The van der Waals surface area contributed by atoms with Crippen molar-refractivity contribution in [2.75, 3.05) is 11.9 Å². The molecule has 1 N–H and O–H groups in total. The van der Waals surface area contributed by atoms with Crippen molar-refractivity contribution in [3.63, 3.8) is 0 Å². The summed E-state index contributed by atoms with van der Waals surface area (Å²) in [6, 6.07) is 8.02. The van der Waals surface area contributed by atoms with E-state index in [2.05, 4.69) is 29.2 Å². The zero-order chi connectivity index (χ0) is 12.1. The van der Waals surface area contributed by atoms with Crippen LogP contribution in [-0.2, 0) is 6.54 Å². The molecule has 0 saturated carbocycles. The second-order valence-corrected chi connectivity index (χ2v) is 3.87. The molecule has 2 heterocycles. The molecular formula is C13H18N4. The molecule has 2 aromatic rings. The van der Waals surface area contributed by atoms with E-state index >= 15 is 0 Å². The number of rotatable bonds is 5. The van der Waals surface area contributed by atoms with E-state index in [4.69, 9.17) is 0 Å². The van der Waals surface area contributed by atoms with E-state index in [-0.39, 0.29) is 0 Å². The van der Waals surface area contributed by atoms with Gasteiger partial charge in [0.05, 0.1) is 11.4 Å². The maximum atomic E-state index is 4.59. The van der Waals surface area contributed by atoms with Crippen LogP contribution in [0.4, 0.5) is 5.82 Å². The van der Waals surface area contributed by atoms with Crippen LogP contribution in [0.2, 0.25) is 0 Å². The summed E-state index contributed by atoms with van der Waals surface area (Å²) in [5.41, 5.74) is 2.03. The van der Waals surface area contributed by atoms with Gasteiger partial charge in [0.25, 0.3) is 0 Å². The van der Waals surface area contributed by atoms with Crippen LogP contribution in [-0.4, -0.2) is 21.3 Å². The van der Waals surface area contributed by atoms with Gasteiger partial charge in [-0.15, -0.1) is 0 Å². The van der Waals surface area contributed by atoms with E-state index in [1.165, 1.54) is 0 Å². The van der Waals surface area contributed by atoms with Crippen molar-refractivity contribution in [1.82, 2.24) is 14.8 Å². The molecule has 0 aliphatic carbocycles. The summed E-state index contributed by atoms with van der Waals surface area (Å²) in [5, 5.41) is 7.55. The lowest BCUT2D eigenvalue weighted by Crippen LogP contribution is -2.04. The van der Waals surface area contributed by atoms with Crippen LogP contribution in [0.1, 0.15) is 20.3 Å². The van der Waals surface area contributed by atoms with Gasteiger partial charge in [0.2, 0.25) is 0 Å². The Morgan fingerprint density at radius 2 is 2.12 bits per heavy atom. The summed E-state index contributed by atoms with van der Waals surface area (Å²) in [5.74, 6) is 0.924. The highest BCUT2D eigenvalue weighted by atomic mass is 15.3. The Morgan fingerprint density at radius 3 is 2.88 bits per heavy atom. The average Bonchev–Trinajstić information content (AvgIpc) is 2.85. The van der Waals surface area contributed by atoms with E-state index in [9.17, 15) is 0 Å². The predicted molar refractivity (Wildman–Crippen MR) is 69.9 cm³/mol. The van der Waals surface area contributed by atoms with Crippen LogP contribution in [0.3, 0.4) is 0 Å². The van der Waals surface area contributed by atoms with Gasteiger partial charge in [-0.3, -0.25) is 4.68 Å². The minimum Gasteiger partial charge on any atom is -0.370 e. The molecule has 90 valence electrons. The molecule has 0 saturated heterocycles. The molecule has 0 aliphatic rings. The second kappa shape index (κ2) is 5.48. The fourth-order valence-corrected chi connectivity index (χ4v) is 1.73. The molecule has 0 aromatic carbocycles. The van der Waals surface area contributed by atoms with Crippen molar-refractivity contribution in [1.29, 1.82) is 0 Å². The standard InChI is InChI=1S/C13H18N4/c1-3-9-14-13-7-5-6-11(16-13)12-8-10-15-17(12)4-2/h5-8,10H,3-4,9H2,1-2H3,(H,14,16). The Bertz CT molecular complexity index is 476. The lowest BCUT2D eigenvalue weighted by molar-refractivity contribution is 0.665. The van der Waals surface area contributed by atoms with Crippen LogP contribution >= 0.6 is 0 Å². The molecule has 0 aliphatic heterocycles. The van der Waals surface area contributed by atoms with Gasteiger partial charge in [-0.1, -0.05) is 13.0 Å². The summed E-state index contributed by atoms with van der Waals surface area (Å²) in [6.45, 7) is 6.03. The highest BCUT2D eigenvalue weighted by Gasteiger charge is 2.05. The van der Waals surface area contributed by atoms with Crippen molar-refractivity contribution < 1.29 is 0 Å². The number of aromatic nitrogens is 3. The smallest absolute Gasteiger partial charge is 0.126 e. The largest absolute Gasteiger partial charge is 0.370 e. The third-order valence-electron chi connectivity index (χ3n) is 2.58. The Balaban J connectivity index is 2.26. The first kappa shape index (κ1) is 11.6. The maximum Gasteiger partial charge on any atom is 0.126 e. The first-order valence-electron chi connectivity index (χ1n) is 6.08. The Labute approximate surface area is 102 Å². The van der Waals surface area contributed by atoms with Gasteiger partial charge >= 0.3 is 0 Å². The van der Waals surface area contributed by atoms with E-state index < -0.39 is 0 Å². The summed E-state index contributed by atoms with van der Waals surface area (Å²) in [6.07, 6.45) is 2.91.